The van der Waals surface area contributed by atoms with Gasteiger partial charge in [-0.25, -0.2) is 4.79 Å². The second-order valence-corrected chi connectivity index (χ2v) is 10.0. The molecule has 2 atom stereocenters. The van der Waals surface area contributed by atoms with E-state index in [1.807, 2.05) is 18.2 Å². The molecule has 206 valence electrons. The first-order valence-electron chi connectivity index (χ1n) is 13.3. The summed E-state index contributed by atoms with van der Waals surface area (Å²) >= 11 is 6.56. The van der Waals surface area contributed by atoms with Crippen molar-refractivity contribution in [1.82, 2.24) is 9.80 Å². The van der Waals surface area contributed by atoms with Gasteiger partial charge in [0.25, 0.3) is 0 Å². The van der Waals surface area contributed by atoms with Crippen molar-refractivity contribution in [3.05, 3.63) is 46.1 Å². The van der Waals surface area contributed by atoms with Gasteiger partial charge in [0.2, 0.25) is 0 Å². The van der Waals surface area contributed by atoms with Crippen molar-refractivity contribution in [2.45, 2.75) is 32.6 Å². The van der Waals surface area contributed by atoms with Crippen LogP contribution in [0.5, 0.6) is 0 Å². The van der Waals surface area contributed by atoms with Gasteiger partial charge in [0.1, 0.15) is 5.92 Å². The van der Waals surface area contributed by atoms with E-state index in [1.165, 1.54) is 12.9 Å². The van der Waals surface area contributed by atoms with Crippen molar-refractivity contribution in [3.8, 4) is 0 Å². The summed E-state index contributed by atoms with van der Waals surface area (Å²) < 4.78 is 16.6. The third-order valence-electron chi connectivity index (χ3n) is 7.29. The highest BCUT2D eigenvalue weighted by Gasteiger charge is 2.43. The van der Waals surface area contributed by atoms with E-state index in [4.69, 9.17) is 25.8 Å². The molecule has 0 amide bonds. The zero-order valence-electron chi connectivity index (χ0n) is 22.5. The molecule has 0 aromatic heterocycles. The molecule has 1 saturated heterocycles. The molecule has 9 nitrogen and oxygen atoms in total. The smallest absolute Gasteiger partial charge is 0.336 e. The Morgan fingerprint density at radius 1 is 1.16 bits per heavy atom. The van der Waals surface area contributed by atoms with Gasteiger partial charge >= 0.3 is 11.9 Å². The van der Waals surface area contributed by atoms with Gasteiger partial charge in [-0.1, -0.05) is 29.8 Å². The molecule has 0 aliphatic carbocycles. The fourth-order valence-corrected chi connectivity index (χ4v) is 5.62. The van der Waals surface area contributed by atoms with Crippen LogP contribution in [0, 0.1) is 5.92 Å². The molecule has 0 N–H and O–H groups in total. The lowest BCUT2D eigenvalue weighted by molar-refractivity contribution is -0.144. The largest absolute Gasteiger partial charge is 0.468 e. The number of ether oxygens (including phenoxy) is 3. The van der Waals surface area contributed by atoms with Gasteiger partial charge in [-0.3, -0.25) is 19.7 Å². The van der Waals surface area contributed by atoms with Crippen LogP contribution in [0.25, 0.3) is 0 Å². The molecule has 1 fully saturated rings. The monoisotopic (exact) mass is 544 g/mol. The summed E-state index contributed by atoms with van der Waals surface area (Å²) in [6.45, 7) is 9.94. The fraction of sp³-hybridized carbons (Fsp3) is 0.571. The minimum atomic E-state index is -0.802. The molecule has 3 aliphatic rings. The van der Waals surface area contributed by atoms with E-state index in [2.05, 4.69) is 19.8 Å². The molecule has 0 radical (unpaired) electrons. The van der Waals surface area contributed by atoms with Crippen LogP contribution < -0.4 is 0 Å². The third-order valence-corrected chi connectivity index (χ3v) is 7.63. The van der Waals surface area contributed by atoms with E-state index in [0.29, 0.717) is 28.6 Å². The lowest BCUT2D eigenvalue weighted by Gasteiger charge is -2.36. The number of hydrogen-bond donors (Lipinski definition) is 0. The van der Waals surface area contributed by atoms with Crippen LogP contribution in [0.2, 0.25) is 5.02 Å². The number of esters is 2. The van der Waals surface area contributed by atoms with Gasteiger partial charge in [0.15, 0.2) is 0 Å². The Hall–Kier alpha value is -2.75. The number of amidine groups is 1. The number of rotatable bonds is 9. The summed E-state index contributed by atoms with van der Waals surface area (Å²) in [5.74, 6) is -1.27. The number of hydrogen-bond acceptors (Lipinski definition) is 9. The molecule has 38 heavy (non-hydrogen) atoms. The summed E-state index contributed by atoms with van der Waals surface area (Å²) in [5, 5.41) is 0.450. The van der Waals surface area contributed by atoms with Gasteiger partial charge in [-0.05, 0) is 31.9 Å². The molecule has 1 aromatic rings. The summed E-state index contributed by atoms with van der Waals surface area (Å²) in [5.41, 5.74) is 1.92. The van der Waals surface area contributed by atoms with Crippen LogP contribution in [-0.4, -0.2) is 99.5 Å². The Labute approximate surface area is 229 Å². The van der Waals surface area contributed by atoms with Gasteiger partial charge in [0, 0.05) is 62.3 Å². The zero-order valence-corrected chi connectivity index (χ0v) is 23.2. The van der Waals surface area contributed by atoms with Gasteiger partial charge < -0.3 is 19.1 Å². The maximum Gasteiger partial charge on any atom is 0.336 e. The van der Waals surface area contributed by atoms with Crippen molar-refractivity contribution in [2.75, 3.05) is 66.2 Å². The van der Waals surface area contributed by atoms with Crippen molar-refractivity contribution in [3.63, 3.8) is 0 Å². The highest BCUT2D eigenvalue weighted by Crippen LogP contribution is 2.42. The average molecular weight is 545 g/mol. The molecular formula is C28H37ClN4O5. The first-order chi connectivity index (χ1) is 18.4. The Bertz CT molecular complexity index is 1110. The first kappa shape index (κ1) is 28.3. The SMILES string of the molecule is CCOC(=O)C1=C(COCCN2CCN(C3=NCCC3)CC2)N=C(C)C(C(=O)OC)C1c1ccccc1Cl. The number of nitrogens with zero attached hydrogens (tertiary/aromatic N) is 4. The summed E-state index contributed by atoms with van der Waals surface area (Å²) in [6, 6.07) is 7.19. The van der Waals surface area contributed by atoms with Gasteiger partial charge in [-0.2, -0.15) is 0 Å². The molecule has 3 aliphatic heterocycles. The van der Waals surface area contributed by atoms with Crippen LogP contribution >= 0.6 is 11.6 Å². The predicted octanol–water partition coefficient (Wildman–Crippen LogP) is 3.33. The number of benzene rings is 1. The first-order valence-corrected chi connectivity index (χ1v) is 13.7. The summed E-state index contributed by atoms with van der Waals surface area (Å²) in [6.07, 6.45) is 2.25. The minimum Gasteiger partial charge on any atom is -0.468 e. The number of piperazine rings is 1. The van der Waals surface area contributed by atoms with Crippen molar-refractivity contribution in [2.24, 2.45) is 15.9 Å². The van der Waals surface area contributed by atoms with Crippen molar-refractivity contribution in [1.29, 1.82) is 0 Å². The standard InChI is InChI=1S/C28H37ClN4O5/c1-4-38-28(35)26-22(18-37-17-16-32-12-14-33(15-13-32)23-10-7-11-30-23)31-19(2)24(27(34)36-3)25(26)20-8-5-6-9-21(20)29/h5-6,8-9,24-25H,4,7,10-18H2,1-3H3. The highest BCUT2D eigenvalue weighted by molar-refractivity contribution is 6.31. The van der Waals surface area contributed by atoms with Crippen molar-refractivity contribution < 1.29 is 23.8 Å². The second-order valence-electron chi connectivity index (χ2n) is 9.62. The van der Waals surface area contributed by atoms with E-state index >= 15 is 0 Å². The lowest BCUT2D eigenvalue weighted by Crippen LogP contribution is -2.49. The molecule has 0 saturated carbocycles. The maximum absolute atomic E-state index is 13.3. The van der Waals surface area contributed by atoms with Crippen LogP contribution in [-0.2, 0) is 23.8 Å². The normalized spacial score (nSPS) is 22.3. The Morgan fingerprint density at radius 3 is 2.58 bits per heavy atom. The highest BCUT2D eigenvalue weighted by atomic mass is 35.5. The second kappa shape index (κ2) is 13.4. The van der Waals surface area contributed by atoms with Crippen LogP contribution in [0.1, 0.15) is 38.2 Å². The Balaban J connectivity index is 1.48. The summed E-state index contributed by atoms with van der Waals surface area (Å²) in [4.78, 5) is 40.2. The zero-order chi connectivity index (χ0) is 27.1. The molecule has 3 heterocycles. The number of halogens is 1. The number of carbonyl (C=O) groups is 2. The molecule has 4 rings (SSSR count). The van der Waals surface area contributed by atoms with E-state index in [9.17, 15) is 9.59 Å². The third kappa shape index (κ3) is 6.45. The number of aliphatic imine (C=N–C) groups is 2. The van der Waals surface area contributed by atoms with E-state index in [1.54, 1.807) is 19.9 Å². The van der Waals surface area contributed by atoms with Crippen molar-refractivity contribution >= 4 is 35.1 Å². The molecule has 2 unspecified atom stereocenters. The van der Waals surface area contributed by atoms with E-state index in [0.717, 1.165) is 52.1 Å². The van der Waals surface area contributed by atoms with Crippen LogP contribution in [0.4, 0.5) is 0 Å². The lowest BCUT2D eigenvalue weighted by atomic mass is 9.75. The average Bonchev–Trinajstić information content (AvgIpc) is 3.46. The number of methoxy groups -OCH3 is 1. The maximum atomic E-state index is 13.3. The fourth-order valence-electron chi connectivity index (χ4n) is 5.36. The molecule has 0 bridgehead atoms. The molecule has 10 heteroatoms. The Morgan fingerprint density at radius 2 is 1.92 bits per heavy atom. The topological polar surface area (TPSA) is 93.0 Å². The Kier molecular flexibility index (Phi) is 9.93. The van der Waals surface area contributed by atoms with Gasteiger partial charge in [0.05, 0.1) is 44.0 Å². The quantitative estimate of drug-likeness (QED) is 0.348. The molecule has 1 aromatic carbocycles. The van der Waals surface area contributed by atoms with Crippen LogP contribution in [0.3, 0.4) is 0 Å². The predicted molar refractivity (Wildman–Crippen MR) is 147 cm³/mol. The molecular weight excluding hydrogens is 508 g/mol. The van der Waals surface area contributed by atoms with Crippen LogP contribution in [0.15, 0.2) is 45.5 Å². The minimum absolute atomic E-state index is 0.122. The summed E-state index contributed by atoms with van der Waals surface area (Å²) in [7, 11) is 1.33. The molecule has 0 spiro atoms. The van der Waals surface area contributed by atoms with E-state index in [-0.39, 0.29) is 18.8 Å². The van der Waals surface area contributed by atoms with Gasteiger partial charge in [-0.15, -0.1) is 0 Å². The number of carbonyl (C=O) groups excluding carboxylic acids is 2. The van der Waals surface area contributed by atoms with E-state index < -0.39 is 23.8 Å².